The van der Waals surface area contributed by atoms with Gasteiger partial charge in [0, 0.05) is 13.8 Å². The summed E-state index contributed by atoms with van der Waals surface area (Å²) < 4.78 is 0.912. The van der Waals surface area contributed by atoms with Gasteiger partial charge in [-0.05, 0) is 20.9 Å². The van der Waals surface area contributed by atoms with E-state index in [-0.39, 0.29) is 4.99 Å². The SMILES string of the molecule is CN1C(C)(C)C(C(N)=S)=[N+]([O-])C1(C)C. The van der Waals surface area contributed by atoms with Gasteiger partial charge in [0.1, 0.15) is 5.54 Å². The number of nitrogens with two attached hydrogens (primary N) is 1. The zero-order valence-corrected chi connectivity index (χ0v) is 10.1. The molecule has 80 valence electrons. The standard InChI is InChI=1S/C9H17N3OS/c1-8(2)6(7(10)14)12(13)9(3,4)11(8)5/h1-5H3,(H2,10,14). The molecule has 0 aromatic rings. The number of hydrogen-bond acceptors (Lipinski definition) is 3. The van der Waals surface area contributed by atoms with Crippen molar-refractivity contribution in [2.24, 2.45) is 5.73 Å². The highest BCUT2D eigenvalue weighted by molar-refractivity contribution is 7.82. The normalized spacial score (nSPS) is 25.5. The van der Waals surface area contributed by atoms with Gasteiger partial charge in [0.05, 0.1) is 0 Å². The van der Waals surface area contributed by atoms with Crippen molar-refractivity contribution in [3.05, 3.63) is 5.21 Å². The van der Waals surface area contributed by atoms with Crippen LogP contribution in [0.2, 0.25) is 0 Å². The van der Waals surface area contributed by atoms with E-state index in [4.69, 9.17) is 18.0 Å². The van der Waals surface area contributed by atoms with Crippen molar-refractivity contribution in [3.8, 4) is 0 Å². The molecule has 0 aromatic carbocycles. The molecule has 5 heteroatoms. The third-order valence-electron chi connectivity index (χ3n) is 3.17. The summed E-state index contributed by atoms with van der Waals surface area (Å²) in [5.74, 6) is 0. The topological polar surface area (TPSA) is 55.3 Å². The molecule has 1 aliphatic heterocycles. The Morgan fingerprint density at radius 3 is 2.00 bits per heavy atom. The first kappa shape index (κ1) is 11.4. The van der Waals surface area contributed by atoms with Crippen LogP contribution in [0.25, 0.3) is 0 Å². The van der Waals surface area contributed by atoms with Gasteiger partial charge < -0.3 is 10.9 Å². The number of hydroxylamine groups is 1. The average Bonchev–Trinajstić information content (AvgIpc) is 2.10. The van der Waals surface area contributed by atoms with Crippen LogP contribution in [-0.2, 0) is 0 Å². The van der Waals surface area contributed by atoms with E-state index >= 15 is 0 Å². The molecule has 4 nitrogen and oxygen atoms in total. The van der Waals surface area contributed by atoms with E-state index in [1.807, 2.05) is 39.6 Å². The Morgan fingerprint density at radius 1 is 1.43 bits per heavy atom. The maximum absolute atomic E-state index is 12.0. The lowest BCUT2D eigenvalue weighted by Gasteiger charge is -2.32. The fourth-order valence-corrected chi connectivity index (χ4v) is 2.24. The molecule has 0 saturated carbocycles. The van der Waals surface area contributed by atoms with E-state index in [0.717, 1.165) is 4.74 Å². The first-order valence-electron chi connectivity index (χ1n) is 4.52. The van der Waals surface area contributed by atoms with Crippen molar-refractivity contribution in [2.45, 2.75) is 38.9 Å². The van der Waals surface area contributed by atoms with Crippen molar-refractivity contribution < 1.29 is 4.74 Å². The van der Waals surface area contributed by atoms with Crippen LogP contribution in [-0.4, -0.2) is 38.6 Å². The summed E-state index contributed by atoms with van der Waals surface area (Å²) in [7, 11) is 1.90. The first-order valence-corrected chi connectivity index (χ1v) is 4.93. The molecule has 14 heavy (non-hydrogen) atoms. The number of nitrogens with zero attached hydrogens (tertiary/aromatic N) is 2. The maximum Gasteiger partial charge on any atom is 0.243 e. The highest BCUT2D eigenvalue weighted by Gasteiger charge is 2.55. The van der Waals surface area contributed by atoms with Crippen molar-refractivity contribution in [3.63, 3.8) is 0 Å². The predicted molar refractivity (Wildman–Crippen MR) is 61.3 cm³/mol. The number of rotatable bonds is 1. The van der Waals surface area contributed by atoms with E-state index in [1.165, 1.54) is 0 Å². The molecule has 0 aromatic heterocycles. The highest BCUT2D eigenvalue weighted by atomic mass is 32.1. The second kappa shape index (κ2) is 2.90. The molecule has 0 aliphatic carbocycles. The van der Waals surface area contributed by atoms with Crippen LogP contribution in [0.3, 0.4) is 0 Å². The van der Waals surface area contributed by atoms with Gasteiger partial charge in [0.25, 0.3) is 0 Å². The molecular weight excluding hydrogens is 198 g/mol. The second-order valence-corrected chi connectivity index (χ2v) is 5.06. The third-order valence-corrected chi connectivity index (χ3v) is 3.37. The second-order valence-electron chi connectivity index (χ2n) is 4.62. The molecule has 1 rings (SSSR count). The van der Waals surface area contributed by atoms with E-state index < -0.39 is 11.2 Å². The fourth-order valence-electron chi connectivity index (χ4n) is 1.90. The molecule has 1 heterocycles. The van der Waals surface area contributed by atoms with Gasteiger partial charge in [-0.2, -0.15) is 4.74 Å². The Kier molecular flexibility index (Phi) is 2.36. The average molecular weight is 215 g/mol. The van der Waals surface area contributed by atoms with Gasteiger partial charge in [-0.3, -0.25) is 0 Å². The third kappa shape index (κ3) is 1.23. The summed E-state index contributed by atoms with van der Waals surface area (Å²) in [6.07, 6.45) is 0. The molecule has 0 amide bonds. The fraction of sp³-hybridized carbons (Fsp3) is 0.778. The zero-order valence-electron chi connectivity index (χ0n) is 9.29. The summed E-state index contributed by atoms with van der Waals surface area (Å²) in [6, 6.07) is 0. The van der Waals surface area contributed by atoms with Crippen LogP contribution in [0.5, 0.6) is 0 Å². The lowest BCUT2D eigenvalue weighted by atomic mass is 9.97. The van der Waals surface area contributed by atoms with Gasteiger partial charge in [0.15, 0.2) is 4.99 Å². The largest absolute Gasteiger partial charge is 0.622 e. The smallest absolute Gasteiger partial charge is 0.243 e. The van der Waals surface area contributed by atoms with Crippen LogP contribution in [0, 0.1) is 5.21 Å². The van der Waals surface area contributed by atoms with Gasteiger partial charge >= 0.3 is 0 Å². The van der Waals surface area contributed by atoms with E-state index in [0.29, 0.717) is 5.71 Å². The molecule has 0 atom stereocenters. The maximum atomic E-state index is 12.0. The first-order chi connectivity index (χ1) is 6.13. The molecule has 1 aliphatic rings. The summed E-state index contributed by atoms with van der Waals surface area (Å²) in [5.41, 5.74) is 5.06. The van der Waals surface area contributed by atoms with Crippen molar-refractivity contribution >= 4 is 22.9 Å². The summed E-state index contributed by atoms with van der Waals surface area (Å²) in [6.45, 7) is 7.60. The predicted octanol–water partition coefficient (Wildman–Crippen LogP) is 0.684. The molecule has 2 N–H and O–H groups in total. The highest BCUT2D eigenvalue weighted by Crippen LogP contribution is 2.32. The molecule has 0 unspecified atom stereocenters. The monoisotopic (exact) mass is 215 g/mol. The van der Waals surface area contributed by atoms with Crippen LogP contribution in [0.15, 0.2) is 0 Å². The van der Waals surface area contributed by atoms with Gasteiger partial charge in [0.2, 0.25) is 11.4 Å². The Morgan fingerprint density at radius 2 is 1.86 bits per heavy atom. The molecule has 0 fully saturated rings. The Hall–Kier alpha value is -0.680. The molecule has 0 spiro atoms. The summed E-state index contributed by atoms with van der Waals surface area (Å²) in [5, 5.41) is 12.0. The zero-order chi connectivity index (χ0) is 11.3. The van der Waals surface area contributed by atoms with Gasteiger partial charge in [-0.1, -0.05) is 12.2 Å². The number of hydrogen-bond donors (Lipinski definition) is 1. The quantitative estimate of drug-likeness (QED) is 0.397. The summed E-state index contributed by atoms with van der Waals surface area (Å²) >= 11 is 4.91. The minimum Gasteiger partial charge on any atom is -0.622 e. The van der Waals surface area contributed by atoms with Crippen LogP contribution >= 0.6 is 12.2 Å². The van der Waals surface area contributed by atoms with Crippen LogP contribution in [0.1, 0.15) is 27.7 Å². The Labute approximate surface area is 90.0 Å². The lowest BCUT2D eigenvalue weighted by Crippen LogP contribution is -2.52. The molecular formula is C9H17N3OS. The Balaban J connectivity index is 3.37. The minimum atomic E-state index is -0.595. The van der Waals surface area contributed by atoms with Gasteiger partial charge in [-0.15, -0.1) is 0 Å². The molecule has 0 bridgehead atoms. The van der Waals surface area contributed by atoms with Crippen LogP contribution < -0.4 is 5.73 Å². The van der Waals surface area contributed by atoms with E-state index in [2.05, 4.69) is 0 Å². The van der Waals surface area contributed by atoms with Crippen molar-refractivity contribution in [2.75, 3.05) is 7.05 Å². The van der Waals surface area contributed by atoms with E-state index in [1.54, 1.807) is 0 Å². The Bertz CT molecular complexity index is 320. The van der Waals surface area contributed by atoms with Crippen molar-refractivity contribution in [1.29, 1.82) is 0 Å². The van der Waals surface area contributed by atoms with Crippen LogP contribution in [0.4, 0.5) is 0 Å². The minimum absolute atomic E-state index is 0.183. The number of thiocarbonyl (C=S) groups is 1. The molecule has 0 radical (unpaired) electrons. The lowest BCUT2D eigenvalue weighted by molar-refractivity contribution is -0.555. The van der Waals surface area contributed by atoms with E-state index in [9.17, 15) is 5.21 Å². The van der Waals surface area contributed by atoms with Gasteiger partial charge in [-0.25, -0.2) is 4.90 Å². The summed E-state index contributed by atoms with van der Waals surface area (Å²) in [4.78, 5) is 2.16. The van der Waals surface area contributed by atoms with Crippen molar-refractivity contribution in [1.82, 2.24) is 4.90 Å². The molecule has 0 saturated heterocycles.